The summed E-state index contributed by atoms with van der Waals surface area (Å²) in [4.78, 5) is 2.40. The molecule has 0 aliphatic heterocycles. The van der Waals surface area contributed by atoms with Gasteiger partial charge in [0.15, 0.2) is 0 Å². The van der Waals surface area contributed by atoms with Crippen LogP contribution in [0.3, 0.4) is 0 Å². The van der Waals surface area contributed by atoms with Gasteiger partial charge in [0.05, 0.1) is 5.69 Å². The molecule has 11 aromatic rings. The molecule has 11 aromatic carbocycles. The molecule has 57 heavy (non-hydrogen) atoms. The van der Waals surface area contributed by atoms with Crippen molar-refractivity contribution in [2.75, 3.05) is 4.90 Å². The quantitative estimate of drug-likeness (QED) is 0.122. The third-order valence-electron chi connectivity index (χ3n) is 11.6. The van der Waals surface area contributed by atoms with Crippen LogP contribution in [0, 0.1) is 0 Å². The van der Waals surface area contributed by atoms with Crippen molar-refractivity contribution in [1.82, 2.24) is 0 Å². The SMILES string of the molecule is c1ccc(-c2ccc(N(c3ccc(-c4ccccc4)cc3)c3ccc(-c4ccc5c(c4)c4ccccc4c4cc6ccccc6cc54)c4ccccc34)cc2)cc1. The Morgan fingerprint density at radius 2 is 0.632 bits per heavy atom. The number of hydrogen-bond donors (Lipinski definition) is 0. The summed E-state index contributed by atoms with van der Waals surface area (Å²) in [5, 5.41) is 12.7. The molecule has 0 aromatic heterocycles. The van der Waals surface area contributed by atoms with Gasteiger partial charge in [-0.05, 0) is 130 Å². The fourth-order valence-electron chi connectivity index (χ4n) is 8.83. The van der Waals surface area contributed by atoms with Gasteiger partial charge in [-0.1, -0.05) is 176 Å². The first kappa shape index (κ1) is 32.9. The van der Waals surface area contributed by atoms with Gasteiger partial charge in [0.2, 0.25) is 0 Å². The van der Waals surface area contributed by atoms with Gasteiger partial charge in [-0.3, -0.25) is 0 Å². The van der Waals surface area contributed by atoms with E-state index >= 15 is 0 Å². The third-order valence-corrected chi connectivity index (χ3v) is 11.6. The van der Waals surface area contributed by atoms with Crippen LogP contribution in [0.2, 0.25) is 0 Å². The fourth-order valence-corrected chi connectivity index (χ4v) is 8.83. The average molecular weight is 724 g/mol. The summed E-state index contributed by atoms with van der Waals surface area (Å²) in [6.07, 6.45) is 0. The monoisotopic (exact) mass is 723 g/mol. The summed E-state index contributed by atoms with van der Waals surface area (Å²) < 4.78 is 0. The first-order chi connectivity index (χ1) is 28.3. The zero-order valence-corrected chi connectivity index (χ0v) is 31.3. The minimum atomic E-state index is 1.11. The molecule has 0 saturated heterocycles. The molecule has 0 bridgehead atoms. The molecular weight excluding hydrogens is 687 g/mol. The van der Waals surface area contributed by atoms with Gasteiger partial charge in [0.25, 0.3) is 0 Å². The number of nitrogens with zero attached hydrogens (tertiary/aromatic N) is 1. The van der Waals surface area contributed by atoms with E-state index in [0.29, 0.717) is 0 Å². The lowest BCUT2D eigenvalue weighted by molar-refractivity contribution is 1.30. The van der Waals surface area contributed by atoms with Crippen molar-refractivity contribution in [2.24, 2.45) is 0 Å². The van der Waals surface area contributed by atoms with E-state index in [2.05, 4.69) is 229 Å². The number of fused-ring (bicyclic) bond motifs is 8. The summed E-state index contributed by atoms with van der Waals surface area (Å²) in [5.41, 5.74) is 10.6. The fraction of sp³-hybridized carbons (Fsp3) is 0. The average Bonchev–Trinajstić information content (AvgIpc) is 3.29. The Hall–Kier alpha value is -7.48. The molecule has 0 atom stereocenters. The Kier molecular flexibility index (Phi) is 7.89. The third kappa shape index (κ3) is 5.72. The van der Waals surface area contributed by atoms with Crippen LogP contribution >= 0.6 is 0 Å². The molecule has 0 aliphatic carbocycles. The number of rotatable bonds is 6. The van der Waals surface area contributed by atoms with Crippen LogP contribution in [0.5, 0.6) is 0 Å². The summed E-state index contributed by atoms with van der Waals surface area (Å²) in [5.74, 6) is 0. The number of benzene rings is 11. The van der Waals surface area contributed by atoms with Crippen molar-refractivity contribution in [3.05, 3.63) is 224 Å². The van der Waals surface area contributed by atoms with E-state index in [-0.39, 0.29) is 0 Å². The molecule has 0 spiro atoms. The molecule has 1 nitrogen and oxygen atoms in total. The molecule has 266 valence electrons. The van der Waals surface area contributed by atoms with Gasteiger partial charge in [-0.25, -0.2) is 0 Å². The maximum absolute atomic E-state index is 2.41. The largest absolute Gasteiger partial charge is 0.310 e. The maximum Gasteiger partial charge on any atom is 0.0540 e. The molecule has 0 aliphatic rings. The van der Waals surface area contributed by atoms with Crippen LogP contribution in [0.15, 0.2) is 224 Å². The van der Waals surface area contributed by atoms with Gasteiger partial charge in [-0.15, -0.1) is 0 Å². The molecule has 0 heterocycles. The summed E-state index contributed by atoms with van der Waals surface area (Å²) in [7, 11) is 0. The van der Waals surface area contributed by atoms with E-state index < -0.39 is 0 Å². The van der Waals surface area contributed by atoms with Gasteiger partial charge in [0.1, 0.15) is 0 Å². The van der Waals surface area contributed by atoms with Crippen LogP contribution < -0.4 is 4.90 Å². The highest BCUT2D eigenvalue weighted by Gasteiger charge is 2.19. The Bertz CT molecular complexity index is 3170. The second-order valence-corrected chi connectivity index (χ2v) is 14.9. The molecule has 11 rings (SSSR count). The first-order valence-corrected chi connectivity index (χ1v) is 19.7. The van der Waals surface area contributed by atoms with Crippen molar-refractivity contribution in [3.63, 3.8) is 0 Å². The second kappa shape index (κ2) is 13.7. The first-order valence-electron chi connectivity index (χ1n) is 19.7. The lowest BCUT2D eigenvalue weighted by Gasteiger charge is -2.28. The van der Waals surface area contributed by atoms with Crippen LogP contribution in [0.1, 0.15) is 0 Å². The zero-order valence-electron chi connectivity index (χ0n) is 31.3. The van der Waals surface area contributed by atoms with E-state index in [1.807, 2.05) is 0 Å². The predicted octanol–water partition coefficient (Wildman–Crippen LogP) is 15.9. The van der Waals surface area contributed by atoms with E-state index in [0.717, 1.165) is 17.1 Å². The number of hydrogen-bond acceptors (Lipinski definition) is 1. The van der Waals surface area contributed by atoms with Crippen LogP contribution in [-0.4, -0.2) is 0 Å². The molecule has 0 amide bonds. The summed E-state index contributed by atoms with van der Waals surface area (Å²) >= 11 is 0. The maximum atomic E-state index is 2.41. The highest BCUT2D eigenvalue weighted by atomic mass is 15.1. The second-order valence-electron chi connectivity index (χ2n) is 14.9. The lowest BCUT2D eigenvalue weighted by atomic mass is 9.89. The van der Waals surface area contributed by atoms with Crippen molar-refractivity contribution in [3.8, 4) is 33.4 Å². The molecule has 0 N–H and O–H groups in total. The van der Waals surface area contributed by atoms with E-state index in [4.69, 9.17) is 0 Å². The molecular formula is C56H37N. The highest BCUT2D eigenvalue weighted by Crippen LogP contribution is 2.44. The zero-order chi connectivity index (χ0) is 37.7. The van der Waals surface area contributed by atoms with Crippen molar-refractivity contribution >= 4 is 70.9 Å². The van der Waals surface area contributed by atoms with E-state index in [9.17, 15) is 0 Å². The van der Waals surface area contributed by atoms with Crippen molar-refractivity contribution in [2.45, 2.75) is 0 Å². The van der Waals surface area contributed by atoms with Gasteiger partial charge in [-0.2, -0.15) is 0 Å². The van der Waals surface area contributed by atoms with Gasteiger partial charge >= 0.3 is 0 Å². The molecule has 0 fully saturated rings. The minimum Gasteiger partial charge on any atom is -0.310 e. The van der Waals surface area contributed by atoms with Crippen molar-refractivity contribution in [1.29, 1.82) is 0 Å². The Morgan fingerprint density at radius 3 is 1.18 bits per heavy atom. The summed E-state index contributed by atoms with van der Waals surface area (Å²) in [6, 6.07) is 82.0. The minimum absolute atomic E-state index is 1.11. The molecule has 0 radical (unpaired) electrons. The molecule has 0 unspecified atom stereocenters. The smallest absolute Gasteiger partial charge is 0.0540 e. The van der Waals surface area contributed by atoms with Crippen molar-refractivity contribution < 1.29 is 0 Å². The van der Waals surface area contributed by atoms with Gasteiger partial charge in [0, 0.05) is 16.8 Å². The van der Waals surface area contributed by atoms with Gasteiger partial charge < -0.3 is 4.90 Å². The lowest BCUT2D eigenvalue weighted by Crippen LogP contribution is -2.10. The highest BCUT2D eigenvalue weighted by molar-refractivity contribution is 6.28. The predicted molar refractivity (Wildman–Crippen MR) is 245 cm³/mol. The Balaban J connectivity index is 1.08. The molecule has 1 heteroatoms. The summed E-state index contributed by atoms with van der Waals surface area (Å²) in [6.45, 7) is 0. The Labute approximate surface area is 332 Å². The topological polar surface area (TPSA) is 3.24 Å². The Morgan fingerprint density at radius 1 is 0.228 bits per heavy atom. The van der Waals surface area contributed by atoms with Crippen LogP contribution in [-0.2, 0) is 0 Å². The normalized spacial score (nSPS) is 11.5. The van der Waals surface area contributed by atoms with E-state index in [1.165, 1.54) is 87.2 Å². The van der Waals surface area contributed by atoms with E-state index in [1.54, 1.807) is 0 Å². The van der Waals surface area contributed by atoms with Crippen LogP contribution in [0.4, 0.5) is 17.1 Å². The van der Waals surface area contributed by atoms with Crippen LogP contribution in [0.25, 0.3) is 87.2 Å². The molecule has 0 saturated carbocycles. The number of anilines is 3. The standard InChI is InChI=1S/C56H37N/c1-3-13-38(14-4-1)40-23-28-45(29-24-40)57(46-30-25-41(26-31-46)39-15-5-2-6-16-39)56-34-33-47(48-19-11-12-22-52(48)56)44-27-32-51-53(37-44)49-20-9-10-21-50(49)54-35-42-17-7-8-18-43(42)36-55(51)54/h1-37H.